The molecule has 7 heteroatoms. The lowest BCUT2D eigenvalue weighted by Crippen LogP contribution is -2.41. The van der Waals surface area contributed by atoms with Crippen molar-refractivity contribution < 1.29 is 18.8 Å². The monoisotopic (exact) mass is 315 g/mol. The van der Waals surface area contributed by atoms with Gasteiger partial charge in [-0.3, -0.25) is 9.59 Å². The quantitative estimate of drug-likeness (QED) is 0.919. The Morgan fingerprint density at radius 2 is 2.09 bits per heavy atom. The molecule has 0 saturated carbocycles. The van der Waals surface area contributed by atoms with Crippen molar-refractivity contribution in [1.29, 1.82) is 0 Å². The van der Waals surface area contributed by atoms with Crippen LogP contribution in [0.25, 0.3) is 0 Å². The van der Waals surface area contributed by atoms with Crippen LogP contribution in [0, 0.1) is 13.8 Å². The summed E-state index contributed by atoms with van der Waals surface area (Å²) in [5.41, 5.74) is 2.12. The maximum absolute atomic E-state index is 12.4. The van der Waals surface area contributed by atoms with Gasteiger partial charge in [0.1, 0.15) is 17.1 Å². The molecule has 7 nitrogen and oxygen atoms in total. The van der Waals surface area contributed by atoms with Gasteiger partial charge < -0.3 is 19.5 Å². The van der Waals surface area contributed by atoms with Crippen molar-refractivity contribution in [2.75, 3.05) is 17.3 Å². The number of hydrogen-bond donors (Lipinski definition) is 1. The first kappa shape index (κ1) is 15.1. The summed E-state index contributed by atoms with van der Waals surface area (Å²) in [5, 5.41) is 6.56. The zero-order valence-electron chi connectivity index (χ0n) is 13.3. The van der Waals surface area contributed by atoms with E-state index in [2.05, 4.69) is 10.5 Å². The fraction of sp³-hybridized carbons (Fsp3) is 0.312. The van der Waals surface area contributed by atoms with Crippen molar-refractivity contribution in [1.82, 2.24) is 5.16 Å². The first-order valence-corrected chi connectivity index (χ1v) is 7.21. The van der Waals surface area contributed by atoms with E-state index in [1.165, 1.54) is 4.90 Å². The molecular weight excluding hydrogens is 298 g/mol. The number of fused-ring (bicyclic) bond motifs is 1. The van der Waals surface area contributed by atoms with E-state index in [-0.39, 0.29) is 11.8 Å². The molecule has 2 aromatic rings. The van der Waals surface area contributed by atoms with E-state index < -0.39 is 6.10 Å². The largest absolute Gasteiger partial charge is 0.479 e. The van der Waals surface area contributed by atoms with E-state index in [1.807, 2.05) is 0 Å². The van der Waals surface area contributed by atoms with Gasteiger partial charge in [-0.15, -0.1) is 0 Å². The van der Waals surface area contributed by atoms with E-state index in [0.29, 0.717) is 34.1 Å². The highest BCUT2D eigenvalue weighted by Crippen LogP contribution is 2.35. The van der Waals surface area contributed by atoms with E-state index >= 15 is 0 Å². The number of aryl methyl sites for hydroxylation is 2. The van der Waals surface area contributed by atoms with Crippen LogP contribution in [0.4, 0.5) is 11.4 Å². The highest BCUT2D eigenvalue weighted by molar-refractivity contribution is 6.06. The second-order valence-electron chi connectivity index (χ2n) is 5.49. The lowest BCUT2D eigenvalue weighted by molar-refractivity contribution is -0.125. The van der Waals surface area contributed by atoms with E-state index in [1.54, 1.807) is 46.0 Å². The standard InChI is InChI=1S/C16H17N3O4/c1-8-14(9(2)23-18-8)15(20)17-11-5-6-13-12(7-11)19(4)16(21)10(3)22-13/h5-7,10H,1-4H3,(H,17,20)/t10-/m1/s1. The summed E-state index contributed by atoms with van der Waals surface area (Å²) < 4.78 is 10.6. The minimum absolute atomic E-state index is 0.133. The number of anilines is 2. The van der Waals surface area contributed by atoms with Gasteiger partial charge in [0, 0.05) is 12.7 Å². The Hall–Kier alpha value is -2.83. The van der Waals surface area contributed by atoms with Gasteiger partial charge in [0.25, 0.3) is 11.8 Å². The van der Waals surface area contributed by atoms with Crippen molar-refractivity contribution in [2.24, 2.45) is 0 Å². The Bertz CT molecular complexity index is 777. The van der Waals surface area contributed by atoms with E-state index in [0.717, 1.165) is 0 Å². The van der Waals surface area contributed by atoms with Gasteiger partial charge in [-0.05, 0) is 39.0 Å². The van der Waals surface area contributed by atoms with Crippen LogP contribution in [-0.2, 0) is 4.79 Å². The van der Waals surface area contributed by atoms with Crippen LogP contribution in [0.15, 0.2) is 22.7 Å². The number of hydrogen-bond acceptors (Lipinski definition) is 5. The molecule has 1 N–H and O–H groups in total. The average Bonchev–Trinajstić information content (AvgIpc) is 2.85. The van der Waals surface area contributed by atoms with Crippen LogP contribution in [0.3, 0.4) is 0 Å². The van der Waals surface area contributed by atoms with Crippen LogP contribution in [0.1, 0.15) is 28.7 Å². The Morgan fingerprint density at radius 1 is 1.35 bits per heavy atom. The van der Waals surface area contributed by atoms with Crippen molar-refractivity contribution in [3.05, 3.63) is 35.2 Å². The van der Waals surface area contributed by atoms with Crippen LogP contribution in [-0.4, -0.2) is 30.1 Å². The Balaban J connectivity index is 1.88. The fourth-order valence-electron chi connectivity index (χ4n) is 2.59. The summed E-state index contributed by atoms with van der Waals surface area (Å²) >= 11 is 0. The van der Waals surface area contributed by atoms with Gasteiger partial charge in [0.2, 0.25) is 0 Å². The van der Waals surface area contributed by atoms with Gasteiger partial charge in [0.05, 0.1) is 11.4 Å². The molecule has 2 heterocycles. The second-order valence-corrected chi connectivity index (χ2v) is 5.49. The summed E-state index contributed by atoms with van der Waals surface area (Å²) in [6.07, 6.45) is -0.518. The topological polar surface area (TPSA) is 84.7 Å². The van der Waals surface area contributed by atoms with Crippen LogP contribution in [0.2, 0.25) is 0 Å². The summed E-state index contributed by atoms with van der Waals surface area (Å²) in [5.74, 6) is 0.629. The number of nitrogens with zero attached hydrogens (tertiary/aromatic N) is 2. The van der Waals surface area contributed by atoms with Gasteiger partial charge in [-0.2, -0.15) is 0 Å². The number of rotatable bonds is 2. The molecule has 0 aliphatic carbocycles. The molecule has 0 bridgehead atoms. The third-order valence-electron chi connectivity index (χ3n) is 3.82. The van der Waals surface area contributed by atoms with Crippen molar-refractivity contribution in [2.45, 2.75) is 26.9 Å². The normalized spacial score (nSPS) is 16.8. The van der Waals surface area contributed by atoms with Gasteiger partial charge in [-0.25, -0.2) is 0 Å². The van der Waals surface area contributed by atoms with Crippen molar-refractivity contribution >= 4 is 23.2 Å². The molecule has 23 heavy (non-hydrogen) atoms. The van der Waals surface area contributed by atoms with Crippen molar-refractivity contribution in [3.8, 4) is 5.75 Å². The maximum atomic E-state index is 12.4. The van der Waals surface area contributed by atoms with Gasteiger partial charge in [-0.1, -0.05) is 5.16 Å². The molecular formula is C16H17N3O4. The van der Waals surface area contributed by atoms with Crippen molar-refractivity contribution in [3.63, 3.8) is 0 Å². The highest BCUT2D eigenvalue weighted by atomic mass is 16.5. The van der Waals surface area contributed by atoms with Crippen LogP contribution >= 0.6 is 0 Å². The fourth-order valence-corrected chi connectivity index (χ4v) is 2.59. The summed E-state index contributed by atoms with van der Waals surface area (Å²) in [6, 6.07) is 5.16. The highest BCUT2D eigenvalue weighted by Gasteiger charge is 2.29. The lowest BCUT2D eigenvalue weighted by atomic mass is 10.1. The minimum atomic E-state index is -0.518. The first-order chi connectivity index (χ1) is 10.9. The molecule has 1 atom stereocenters. The van der Waals surface area contributed by atoms with Gasteiger partial charge in [0.15, 0.2) is 6.10 Å². The summed E-state index contributed by atoms with van der Waals surface area (Å²) in [7, 11) is 1.68. The third kappa shape index (κ3) is 2.54. The summed E-state index contributed by atoms with van der Waals surface area (Å²) in [4.78, 5) is 25.9. The maximum Gasteiger partial charge on any atom is 0.267 e. The number of nitrogens with one attached hydrogen (secondary N) is 1. The lowest BCUT2D eigenvalue weighted by Gasteiger charge is -2.30. The molecule has 0 radical (unpaired) electrons. The molecule has 0 spiro atoms. The number of ether oxygens (including phenoxy) is 1. The predicted octanol–water partition coefficient (Wildman–Crippen LogP) is 2.29. The Morgan fingerprint density at radius 3 is 2.74 bits per heavy atom. The van der Waals surface area contributed by atoms with Crippen LogP contribution in [0.5, 0.6) is 5.75 Å². The second kappa shape index (κ2) is 5.42. The molecule has 3 rings (SSSR count). The molecule has 1 aromatic carbocycles. The van der Waals surface area contributed by atoms with Crippen LogP contribution < -0.4 is 15.0 Å². The SMILES string of the molecule is Cc1noc(C)c1C(=O)Nc1ccc2c(c1)N(C)C(=O)[C@@H](C)O2. The molecule has 0 fully saturated rings. The number of likely N-dealkylation sites (N-methyl/N-ethyl adjacent to an activating group) is 1. The third-order valence-corrected chi connectivity index (χ3v) is 3.82. The van der Waals surface area contributed by atoms with E-state index in [9.17, 15) is 9.59 Å². The zero-order valence-corrected chi connectivity index (χ0v) is 13.3. The number of carbonyl (C=O) groups excluding carboxylic acids is 2. The molecule has 2 amide bonds. The molecule has 0 unspecified atom stereocenters. The number of benzene rings is 1. The Kier molecular flexibility index (Phi) is 3.55. The minimum Gasteiger partial charge on any atom is -0.479 e. The smallest absolute Gasteiger partial charge is 0.267 e. The number of carbonyl (C=O) groups is 2. The predicted molar refractivity (Wildman–Crippen MR) is 83.9 cm³/mol. The Labute approximate surface area is 133 Å². The van der Waals surface area contributed by atoms with Gasteiger partial charge >= 0.3 is 0 Å². The number of amides is 2. The zero-order chi connectivity index (χ0) is 16.7. The summed E-state index contributed by atoms with van der Waals surface area (Å²) in [6.45, 7) is 5.10. The molecule has 0 saturated heterocycles. The van der Waals surface area contributed by atoms with E-state index in [4.69, 9.17) is 9.26 Å². The first-order valence-electron chi connectivity index (χ1n) is 7.21. The molecule has 120 valence electrons. The molecule has 1 aliphatic heterocycles. The molecule has 1 aliphatic rings. The molecule has 1 aromatic heterocycles. The average molecular weight is 315 g/mol. The number of aromatic nitrogens is 1.